The highest BCUT2D eigenvalue weighted by molar-refractivity contribution is 4.49. The monoisotopic (exact) mass is 282 g/mol. The Balaban J connectivity index is 2.89. The van der Waals surface area contributed by atoms with Crippen molar-refractivity contribution in [3.63, 3.8) is 0 Å². The first-order valence-corrected chi connectivity index (χ1v) is 9.23. The van der Waals surface area contributed by atoms with Crippen molar-refractivity contribution < 1.29 is 4.74 Å². The summed E-state index contributed by atoms with van der Waals surface area (Å²) in [6, 6.07) is 0. The van der Waals surface area contributed by atoms with Crippen LogP contribution < -0.4 is 0 Å². The summed E-state index contributed by atoms with van der Waals surface area (Å²) < 4.78 is 4.56. The molecule has 0 spiro atoms. The molecule has 2 radical (unpaired) electrons. The summed E-state index contributed by atoms with van der Waals surface area (Å²) in [5.41, 5.74) is 0. The Bertz CT molecular complexity index is 138. The second-order valence-electron chi connectivity index (χ2n) is 6.17. The molecular weight excluding hydrogens is 244 g/mol. The smallest absolute Gasteiger partial charge is 0.115 e. The number of unbranched alkanes of at least 4 members (excludes halogenated alkanes) is 15. The molecule has 0 aliphatic carbocycles. The minimum absolute atomic E-state index is 0.721. The van der Waals surface area contributed by atoms with Gasteiger partial charge in [0.2, 0.25) is 0 Å². The molecule has 1 heteroatoms. The largest absolute Gasteiger partial charge is 0.373 e. The standard InChI is InChI=1S/C19H38O/c1-3-4-5-6-7-8-9-10-11-12-13-14-15-16-17-18-19-20-2/h2H,3-19H2,1H3. The highest BCUT2D eigenvalue weighted by atomic mass is 16.5. The summed E-state index contributed by atoms with van der Waals surface area (Å²) in [6.45, 7) is 3.01. The van der Waals surface area contributed by atoms with Crippen LogP contribution in [0.2, 0.25) is 0 Å². The van der Waals surface area contributed by atoms with Crippen LogP contribution in [0.15, 0.2) is 0 Å². The molecule has 0 rings (SSSR count). The Kier molecular flexibility index (Phi) is 18.9. The quantitative estimate of drug-likeness (QED) is 0.263. The van der Waals surface area contributed by atoms with Crippen molar-refractivity contribution in [1.82, 2.24) is 0 Å². The van der Waals surface area contributed by atoms with Gasteiger partial charge in [-0.05, 0) is 6.42 Å². The van der Waals surface area contributed by atoms with Gasteiger partial charge < -0.3 is 4.74 Å². The average molecular weight is 283 g/mol. The number of rotatable bonds is 17. The summed E-state index contributed by atoms with van der Waals surface area (Å²) in [5.74, 6) is 0. The van der Waals surface area contributed by atoms with Crippen molar-refractivity contribution in [2.45, 2.75) is 110 Å². The molecule has 0 aromatic heterocycles. The van der Waals surface area contributed by atoms with Gasteiger partial charge >= 0.3 is 0 Å². The lowest BCUT2D eigenvalue weighted by atomic mass is 10.0. The fraction of sp³-hybridized carbons (Fsp3) is 0.947. The summed E-state index contributed by atoms with van der Waals surface area (Å²) in [6.07, 6.45) is 22.4. The van der Waals surface area contributed by atoms with E-state index in [1.165, 1.54) is 96.3 Å². The van der Waals surface area contributed by atoms with E-state index in [9.17, 15) is 0 Å². The van der Waals surface area contributed by atoms with Gasteiger partial charge in [0.05, 0.1) is 0 Å². The molecule has 0 fully saturated rings. The van der Waals surface area contributed by atoms with Crippen LogP contribution >= 0.6 is 0 Å². The van der Waals surface area contributed by atoms with E-state index >= 15 is 0 Å². The van der Waals surface area contributed by atoms with Gasteiger partial charge in [-0.3, -0.25) is 0 Å². The van der Waals surface area contributed by atoms with Gasteiger partial charge in [-0.25, -0.2) is 0 Å². The van der Waals surface area contributed by atoms with E-state index in [1.807, 2.05) is 0 Å². The van der Waals surface area contributed by atoms with Gasteiger partial charge in [0.1, 0.15) is 7.11 Å². The molecule has 0 saturated heterocycles. The summed E-state index contributed by atoms with van der Waals surface area (Å²) in [5, 5.41) is 0. The maximum Gasteiger partial charge on any atom is 0.115 e. The minimum Gasteiger partial charge on any atom is -0.373 e. The van der Waals surface area contributed by atoms with Crippen molar-refractivity contribution in [2.75, 3.05) is 6.61 Å². The fourth-order valence-corrected chi connectivity index (χ4v) is 2.73. The molecule has 1 nitrogen and oxygen atoms in total. The summed E-state index contributed by atoms with van der Waals surface area (Å²) >= 11 is 0. The first kappa shape index (κ1) is 20.0. The van der Waals surface area contributed by atoms with Crippen molar-refractivity contribution >= 4 is 0 Å². The Morgan fingerprint density at radius 2 is 0.800 bits per heavy atom. The van der Waals surface area contributed by atoms with Crippen molar-refractivity contribution in [3.8, 4) is 0 Å². The predicted octanol–water partition coefficient (Wildman–Crippen LogP) is 6.93. The molecule has 0 bridgehead atoms. The van der Waals surface area contributed by atoms with Crippen molar-refractivity contribution in [2.24, 2.45) is 0 Å². The third kappa shape index (κ3) is 18.0. The van der Waals surface area contributed by atoms with Gasteiger partial charge in [0, 0.05) is 6.61 Å². The molecule has 0 unspecified atom stereocenters. The molecule has 0 atom stereocenters. The molecule has 0 aliphatic rings. The second-order valence-corrected chi connectivity index (χ2v) is 6.17. The van der Waals surface area contributed by atoms with Gasteiger partial charge in [0.15, 0.2) is 0 Å². The second kappa shape index (κ2) is 19.0. The molecule has 0 heterocycles. The fourth-order valence-electron chi connectivity index (χ4n) is 2.73. The van der Waals surface area contributed by atoms with E-state index in [0.29, 0.717) is 0 Å². The van der Waals surface area contributed by atoms with Crippen LogP contribution in [0.25, 0.3) is 0 Å². The summed E-state index contributed by atoms with van der Waals surface area (Å²) in [4.78, 5) is 0. The lowest BCUT2D eigenvalue weighted by Crippen LogP contribution is -1.87. The van der Waals surface area contributed by atoms with Gasteiger partial charge in [-0.2, -0.15) is 0 Å². The normalized spacial score (nSPS) is 11.1. The molecule has 0 aromatic carbocycles. The maximum atomic E-state index is 4.99. The van der Waals surface area contributed by atoms with Gasteiger partial charge in [0.25, 0.3) is 0 Å². The highest BCUT2D eigenvalue weighted by Gasteiger charge is 1.94. The number of hydrogen-bond donors (Lipinski definition) is 0. The number of hydrogen-bond acceptors (Lipinski definition) is 1. The molecular formula is C19H38O. The van der Waals surface area contributed by atoms with Gasteiger partial charge in [-0.15, -0.1) is 0 Å². The molecule has 0 saturated carbocycles. The Hall–Kier alpha value is -0.0400. The van der Waals surface area contributed by atoms with E-state index in [2.05, 4.69) is 11.7 Å². The van der Waals surface area contributed by atoms with E-state index in [0.717, 1.165) is 13.0 Å². The zero-order valence-corrected chi connectivity index (χ0v) is 14.0. The van der Waals surface area contributed by atoms with Crippen LogP contribution in [-0.2, 0) is 4.74 Å². The van der Waals surface area contributed by atoms with Crippen LogP contribution in [0.4, 0.5) is 0 Å². The van der Waals surface area contributed by atoms with Crippen molar-refractivity contribution in [3.05, 3.63) is 7.11 Å². The van der Waals surface area contributed by atoms with E-state index in [-0.39, 0.29) is 0 Å². The minimum atomic E-state index is 0.721. The van der Waals surface area contributed by atoms with Gasteiger partial charge in [-0.1, -0.05) is 103 Å². The molecule has 0 amide bonds. The molecule has 0 N–H and O–H groups in total. The molecule has 120 valence electrons. The van der Waals surface area contributed by atoms with Crippen LogP contribution in [0.1, 0.15) is 110 Å². The van der Waals surface area contributed by atoms with E-state index in [1.54, 1.807) is 0 Å². The zero-order chi connectivity index (χ0) is 14.7. The topological polar surface area (TPSA) is 9.23 Å². The maximum absolute atomic E-state index is 4.99. The highest BCUT2D eigenvalue weighted by Crippen LogP contribution is 2.13. The lowest BCUT2D eigenvalue weighted by molar-refractivity contribution is 0.233. The third-order valence-electron chi connectivity index (χ3n) is 4.12. The Morgan fingerprint density at radius 3 is 1.10 bits per heavy atom. The Morgan fingerprint density at radius 1 is 0.500 bits per heavy atom. The van der Waals surface area contributed by atoms with Crippen molar-refractivity contribution in [1.29, 1.82) is 0 Å². The molecule has 20 heavy (non-hydrogen) atoms. The SMILES string of the molecule is [CH]OCCCCCCCCCCCCCCCCCC. The Labute approximate surface area is 128 Å². The van der Waals surface area contributed by atoms with Crippen LogP contribution in [0.3, 0.4) is 0 Å². The molecule has 0 aliphatic heterocycles. The molecule has 0 aromatic rings. The third-order valence-corrected chi connectivity index (χ3v) is 4.12. The number of ether oxygens (including phenoxy) is 1. The van der Waals surface area contributed by atoms with Crippen LogP contribution in [-0.4, -0.2) is 6.61 Å². The lowest BCUT2D eigenvalue weighted by Gasteiger charge is -2.03. The first-order chi connectivity index (χ1) is 9.91. The van der Waals surface area contributed by atoms with E-state index in [4.69, 9.17) is 7.11 Å². The van der Waals surface area contributed by atoms with Crippen LogP contribution in [0, 0.1) is 7.11 Å². The predicted molar refractivity (Wildman–Crippen MR) is 89.8 cm³/mol. The zero-order valence-electron chi connectivity index (χ0n) is 14.0. The average Bonchev–Trinajstić information content (AvgIpc) is 2.47. The van der Waals surface area contributed by atoms with E-state index < -0.39 is 0 Å². The summed E-state index contributed by atoms with van der Waals surface area (Å²) in [7, 11) is 4.99. The van der Waals surface area contributed by atoms with Crippen LogP contribution in [0.5, 0.6) is 0 Å². The first-order valence-electron chi connectivity index (χ1n) is 9.23.